The van der Waals surface area contributed by atoms with Gasteiger partial charge in [0.2, 0.25) is 0 Å². The zero-order valence-corrected chi connectivity index (χ0v) is 9.29. The first-order chi connectivity index (χ1) is 7.74. The van der Waals surface area contributed by atoms with Gasteiger partial charge in [-0.2, -0.15) is 0 Å². The number of anilines is 1. The lowest BCUT2D eigenvalue weighted by Crippen LogP contribution is -2.14. The highest BCUT2D eigenvalue weighted by molar-refractivity contribution is 5.97. The summed E-state index contributed by atoms with van der Waals surface area (Å²) in [5, 5.41) is 0. The van der Waals surface area contributed by atoms with Gasteiger partial charge in [0.1, 0.15) is 5.75 Å². The van der Waals surface area contributed by atoms with Crippen LogP contribution in [-0.4, -0.2) is 19.2 Å². The number of nitrogen functional groups attached to an aromatic ring is 1. The lowest BCUT2D eigenvalue weighted by atomic mass is 10.0. The number of carbonyl (C=O) groups excluding carboxylic acids is 1. The molecule has 4 nitrogen and oxygen atoms in total. The molecule has 1 heterocycles. The summed E-state index contributed by atoms with van der Waals surface area (Å²) in [6.07, 6.45) is 1.94. The zero-order valence-electron chi connectivity index (χ0n) is 9.29. The van der Waals surface area contributed by atoms with Crippen LogP contribution in [-0.2, 0) is 11.2 Å². The Bertz CT molecular complexity index is 415. The number of rotatable bonds is 2. The Morgan fingerprint density at radius 3 is 3.12 bits per heavy atom. The molecule has 0 aromatic heterocycles. The molecule has 4 heteroatoms. The minimum Gasteiger partial charge on any atom is -0.491 e. The summed E-state index contributed by atoms with van der Waals surface area (Å²) in [5.41, 5.74) is 7.77. The minimum absolute atomic E-state index is 0.343. The lowest BCUT2D eigenvalue weighted by Gasteiger charge is -2.20. The first-order valence-corrected chi connectivity index (χ1v) is 5.45. The molecule has 0 bridgehead atoms. The lowest BCUT2D eigenvalue weighted by molar-refractivity contribution is 0.0527. The second kappa shape index (κ2) is 4.43. The number of esters is 1. The topological polar surface area (TPSA) is 61.5 Å². The maximum Gasteiger partial charge on any atom is 0.340 e. The Hall–Kier alpha value is -1.71. The minimum atomic E-state index is -0.392. The van der Waals surface area contributed by atoms with E-state index in [9.17, 15) is 4.79 Å². The van der Waals surface area contributed by atoms with E-state index in [1.54, 1.807) is 13.0 Å². The molecule has 0 radical (unpaired) electrons. The van der Waals surface area contributed by atoms with Crippen molar-refractivity contribution in [2.45, 2.75) is 19.8 Å². The summed E-state index contributed by atoms with van der Waals surface area (Å²) in [4.78, 5) is 11.6. The fourth-order valence-corrected chi connectivity index (χ4v) is 1.84. The van der Waals surface area contributed by atoms with Crippen LogP contribution in [0.5, 0.6) is 5.75 Å². The number of hydrogen-bond acceptors (Lipinski definition) is 4. The number of hydrogen-bond donors (Lipinski definition) is 1. The third kappa shape index (κ3) is 1.83. The molecule has 1 aromatic carbocycles. The third-order valence-corrected chi connectivity index (χ3v) is 2.61. The second-order valence-electron chi connectivity index (χ2n) is 3.69. The van der Waals surface area contributed by atoms with E-state index in [2.05, 4.69) is 0 Å². The molecule has 1 aromatic rings. The Morgan fingerprint density at radius 2 is 2.38 bits per heavy atom. The van der Waals surface area contributed by atoms with E-state index in [1.165, 1.54) is 0 Å². The quantitative estimate of drug-likeness (QED) is 0.610. The van der Waals surface area contributed by atoms with E-state index in [0.29, 0.717) is 30.2 Å². The van der Waals surface area contributed by atoms with Gasteiger partial charge in [-0.3, -0.25) is 0 Å². The number of aryl methyl sites for hydroxylation is 1. The van der Waals surface area contributed by atoms with Crippen molar-refractivity contribution in [2.24, 2.45) is 0 Å². The molecule has 0 saturated carbocycles. The highest BCUT2D eigenvalue weighted by atomic mass is 16.5. The SMILES string of the molecule is CCOC(=O)c1ccc2c(c1N)OCCC2. The summed E-state index contributed by atoms with van der Waals surface area (Å²) in [6.45, 7) is 2.77. The van der Waals surface area contributed by atoms with Gasteiger partial charge in [0.05, 0.1) is 24.5 Å². The molecule has 0 atom stereocenters. The number of nitrogens with two attached hydrogens (primary N) is 1. The fraction of sp³-hybridized carbons (Fsp3) is 0.417. The first kappa shape index (κ1) is 10.8. The monoisotopic (exact) mass is 221 g/mol. The number of ether oxygens (including phenoxy) is 2. The molecule has 2 rings (SSSR count). The van der Waals surface area contributed by atoms with E-state index in [4.69, 9.17) is 15.2 Å². The van der Waals surface area contributed by atoms with Gasteiger partial charge in [-0.25, -0.2) is 4.79 Å². The van der Waals surface area contributed by atoms with Crippen molar-refractivity contribution in [3.05, 3.63) is 23.3 Å². The molecule has 86 valence electrons. The Morgan fingerprint density at radius 1 is 1.56 bits per heavy atom. The molecule has 0 fully saturated rings. The second-order valence-corrected chi connectivity index (χ2v) is 3.69. The van der Waals surface area contributed by atoms with Crippen molar-refractivity contribution in [2.75, 3.05) is 18.9 Å². The van der Waals surface area contributed by atoms with Gasteiger partial charge in [-0.1, -0.05) is 6.07 Å². The molecule has 0 unspecified atom stereocenters. The Labute approximate surface area is 94.3 Å². The maximum atomic E-state index is 11.6. The predicted molar refractivity (Wildman–Crippen MR) is 60.6 cm³/mol. The molecule has 0 spiro atoms. The summed E-state index contributed by atoms with van der Waals surface area (Å²) in [5.74, 6) is 0.258. The number of benzene rings is 1. The Balaban J connectivity index is 2.37. The molecule has 0 amide bonds. The van der Waals surface area contributed by atoms with Gasteiger partial charge in [-0.15, -0.1) is 0 Å². The van der Waals surface area contributed by atoms with Gasteiger partial charge < -0.3 is 15.2 Å². The van der Waals surface area contributed by atoms with Crippen LogP contribution in [0.15, 0.2) is 12.1 Å². The molecule has 16 heavy (non-hydrogen) atoms. The molecule has 0 saturated heterocycles. The van der Waals surface area contributed by atoms with Crippen LogP contribution < -0.4 is 10.5 Å². The molecular weight excluding hydrogens is 206 g/mol. The summed E-state index contributed by atoms with van der Waals surface area (Å²) in [6, 6.07) is 3.60. The van der Waals surface area contributed by atoms with Gasteiger partial charge in [-0.05, 0) is 31.4 Å². The van der Waals surface area contributed by atoms with Crippen LogP contribution in [0, 0.1) is 0 Å². The van der Waals surface area contributed by atoms with Gasteiger partial charge >= 0.3 is 5.97 Å². The van der Waals surface area contributed by atoms with Crippen LogP contribution in [0.4, 0.5) is 5.69 Å². The van der Waals surface area contributed by atoms with Crippen molar-refractivity contribution < 1.29 is 14.3 Å². The van der Waals surface area contributed by atoms with E-state index in [-0.39, 0.29) is 0 Å². The molecule has 0 aliphatic carbocycles. The molecular formula is C12H15NO3. The average molecular weight is 221 g/mol. The van der Waals surface area contributed by atoms with Crippen molar-refractivity contribution in [1.29, 1.82) is 0 Å². The highest BCUT2D eigenvalue weighted by Gasteiger charge is 2.19. The van der Waals surface area contributed by atoms with Crippen molar-refractivity contribution in [3.8, 4) is 5.75 Å². The van der Waals surface area contributed by atoms with Crippen LogP contribution in [0.3, 0.4) is 0 Å². The standard InChI is InChI=1S/C12H15NO3/c1-2-15-12(14)9-6-5-8-4-3-7-16-11(8)10(9)13/h5-6H,2-4,7,13H2,1H3. The first-order valence-electron chi connectivity index (χ1n) is 5.45. The van der Waals surface area contributed by atoms with Crippen molar-refractivity contribution >= 4 is 11.7 Å². The molecule has 1 aliphatic heterocycles. The van der Waals surface area contributed by atoms with Gasteiger partial charge in [0.15, 0.2) is 0 Å². The highest BCUT2D eigenvalue weighted by Crippen LogP contribution is 2.33. The summed E-state index contributed by atoms with van der Waals surface area (Å²) >= 11 is 0. The largest absolute Gasteiger partial charge is 0.491 e. The summed E-state index contributed by atoms with van der Waals surface area (Å²) < 4.78 is 10.4. The van der Waals surface area contributed by atoms with Crippen LogP contribution in [0.2, 0.25) is 0 Å². The number of carbonyl (C=O) groups is 1. The van der Waals surface area contributed by atoms with Gasteiger partial charge in [0, 0.05) is 0 Å². The van der Waals surface area contributed by atoms with E-state index < -0.39 is 5.97 Å². The average Bonchev–Trinajstić information content (AvgIpc) is 2.30. The smallest absolute Gasteiger partial charge is 0.340 e. The van der Waals surface area contributed by atoms with E-state index in [1.807, 2.05) is 6.07 Å². The van der Waals surface area contributed by atoms with E-state index >= 15 is 0 Å². The predicted octanol–water partition coefficient (Wildman–Crippen LogP) is 1.77. The molecule has 2 N–H and O–H groups in total. The zero-order chi connectivity index (χ0) is 11.5. The maximum absolute atomic E-state index is 11.6. The third-order valence-electron chi connectivity index (χ3n) is 2.61. The van der Waals surface area contributed by atoms with Crippen LogP contribution in [0.1, 0.15) is 29.3 Å². The fourth-order valence-electron chi connectivity index (χ4n) is 1.84. The Kier molecular flexibility index (Phi) is 2.99. The number of fused-ring (bicyclic) bond motifs is 1. The normalized spacial score (nSPS) is 13.8. The van der Waals surface area contributed by atoms with Crippen molar-refractivity contribution in [3.63, 3.8) is 0 Å². The van der Waals surface area contributed by atoms with E-state index in [0.717, 1.165) is 18.4 Å². The van der Waals surface area contributed by atoms with Gasteiger partial charge in [0.25, 0.3) is 0 Å². The summed E-state index contributed by atoms with van der Waals surface area (Å²) in [7, 11) is 0. The van der Waals surface area contributed by atoms with Crippen LogP contribution >= 0.6 is 0 Å². The van der Waals surface area contributed by atoms with Crippen LogP contribution in [0.25, 0.3) is 0 Å². The molecule has 1 aliphatic rings. The van der Waals surface area contributed by atoms with Crippen molar-refractivity contribution in [1.82, 2.24) is 0 Å².